The lowest BCUT2D eigenvalue weighted by molar-refractivity contribution is 0.0970. The molecule has 0 aliphatic rings. The molecule has 0 atom stereocenters. The number of carbonyl (C=O) groups excluding carboxylic acids is 1. The van der Waals surface area contributed by atoms with Gasteiger partial charge in [0.2, 0.25) is 0 Å². The van der Waals surface area contributed by atoms with E-state index < -0.39 is 5.82 Å². The third-order valence-corrected chi connectivity index (χ3v) is 3.06. The number of carbonyl (C=O) groups is 1. The van der Waals surface area contributed by atoms with Gasteiger partial charge in [0.15, 0.2) is 5.78 Å². The number of benzene rings is 1. The molecular formula is C12H8FIN2O2. The van der Waals surface area contributed by atoms with Crippen molar-refractivity contribution in [3.63, 3.8) is 0 Å². The molecule has 0 amide bonds. The summed E-state index contributed by atoms with van der Waals surface area (Å²) in [6.07, 6.45) is 2.72. The van der Waals surface area contributed by atoms with Crippen molar-refractivity contribution >= 4 is 28.4 Å². The fourth-order valence-corrected chi connectivity index (χ4v) is 1.92. The van der Waals surface area contributed by atoms with Crippen LogP contribution in [0.5, 0.6) is 0 Å². The molecule has 2 aromatic rings. The van der Waals surface area contributed by atoms with Crippen LogP contribution in [0.1, 0.15) is 10.4 Å². The first-order chi connectivity index (χ1) is 8.58. The standard InChI is InChI=1S/C12H8FIN2O2/c13-9-3-1-2-8(4-9)11(17)6-16-7-15-5-10(14)12(16)18/h1-5,7H,6H2. The predicted octanol–water partition coefficient (Wildman–Crippen LogP) is 1.87. The number of hydrogen-bond donors (Lipinski definition) is 0. The molecule has 0 aliphatic heterocycles. The summed E-state index contributed by atoms with van der Waals surface area (Å²) in [6, 6.07) is 5.38. The highest BCUT2D eigenvalue weighted by Gasteiger charge is 2.09. The van der Waals surface area contributed by atoms with Crippen molar-refractivity contribution in [2.75, 3.05) is 0 Å². The zero-order chi connectivity index (χ0) is 13.1. The third kappa shape index (κ3) is 2.81. The SMILES string of the molecule is O=C(Cn1cncc(I)c1=O)c1cccc(F)c1. The Bertz CT molecular complexity index is 655. The summed E-state index contributed by atoms with van der Waals surface area (Å²) in [6.45, 7) is -0.147. The fraction of sp³-hybridized carbons (Fsp3) is 0.0833. The number of nitrogens with zero attached hydrogens (tertiary/aromatic N) is 2. The minimum atomic E-state index is -0.478. The van der Waals surface area contributed by atoms with Crippen LogP contribution < -0.4 is 5.56 Å². The van der Waals surface area contributed by atoms with Gasteiger partial charge in [-0.25, -0.2) is 9.37 Å². The van der Waals surface area contributed by atoms with Crippen molar-refractivity contribution in [3.8, 4) is 0 Å². The Kier molecular flexibility index (Phi) is 3.85. The molecule has 0 radical (unpaired) electrons. The van der Waals surface area contributed by atoms with Gasteiger partial charge in [0.05, 0.1) is 16.4 Å². The van der Waals surface area contributed by atoms with E-state index in [0.29, 0.717) is 3.57 Å². The van der Waals surface area contributed by atoms with Crippen molar-refractivity contribution in [1.82, 2.24) is 9.55 Å². The molecule has 1 heterocycles. The summed E-state index contributed by atoms with van der Waals surface area (Å²) in [7, 11) is 0. The molecule has 6 heteroatoms. The van der Waals surface area contributed by atoms with Crippen molar-refractivity contribution in [2.24, 2.45) is 0 Å². The van der Waals surface area contributed by atoms with E-state index in [2.05, 4.69) is 4.98 Å². The van der Waals surface area contributed by atoms with E-state index in [0.717, 1.165) is 6.07 Å². The van der Waals surface area contributed by atoms with E-state index in [-0.39, 0.29) is 23.5 Å². The molecule has 1 aromatic heterocycles. The monoisotopic (exact) mass is 358 g/mol. The van der Waals surface area contributed by atoms with Crippen LogP contribution in [-0.4, -0.2) is 15.3 Å². The van der Waals surface area contributed by atoms with Gasteiger partial charge in [0.1, 0.15) is 5.82 Å². The summed E-state index contributed by atoms with van der Waals surface area (Å²) >= 11 is 1.85. The smallest absolute Gasteiger partial charge is 0.267 e. The number of ketones is 1. The highest BCUT2D eigenvalue weighted by atomic mass is 127. The number of aromatic nitrogens is 2. The molecule has 18 heavy (non-hydrogen) atoms. The Morgan fingerprint density at radius 2 is 2.22 bits per heavy atom. The molecule has 0 unspecified atom stereocenters. The first kappa shape index (κ1) is 12.9. The Labute approximate surface area is 116 Å². The Morgan fingerprint density at radius 1 is 1.44 bits per heavy atom. The molecule has 1 aromatic carbocycles. The number of hydrogen-bond acceptors (Lipinski definition) is 3. The number of halogens is 2. The van der Waals surface area contributed by atoms with E-state index in [1.54, 1.807) is 0 Å². The molecule has 0 saturated heterocycles. The van der Waals surface area contributed by atoms with Crippen molar-refractivity contribution in [1.29, 1.82) is 0 Å². The van der Waals surface area contributed by atoms with Gasteiger partial charge in [-0.2, -0.15) is 0 Å². The number of Topliss-reactive ketones (excluding diaryl/α,β-unsaturated/α-hetero) is 1. The van der Waals surface area contributed by atoms with Gasteiger partial charge in [-0.1, -0.05) is 12.1 Å². The van der Waals surface area contributed by atoms with Crippen LogP contribution in [-0.2, 0) is 6.54 Å². The summed E-state index contributed by atoms with van der Waals surface area (Å²) in [4.78, 5) is 27.4. The molecule has 0 aliphatic carbocycles. The Hall–Kier alpha value is -1.57. The molecule has 0 bridgehead atoms. The van der Waals surface area contributed by atoms with Gasteiger partial charge in [-0.05, 0) is 34.7 Å². The first-order valence-electron chi connectivity index (χ1n) is 5.06. The van der Waals surface area contributed by atoms with Crippen molar-refractivity contribution in [2.45, 2.75) is 6.54 Å². The van der Waals surface area contributed by atoms with Crippen LogP contribution in [0.3, 0.4) is 0 Å². The Morgan fingerprint density at radius 3 is 2.94 bits per heavy atom. The fourth-order valence-electron chi connectivity index (χ4n) is 1.44. The predicted molar refractivity (Wildman–Crippen MR) is 71.9 cm³/mol. The van der Waals surface area contributed by atoms with Crippen molar-refractivity contribution < 1.29 is 9.18 Å². The van der Waals surface area contributed by atoms with Gasteiger partial charge >= 0.3 is 0 Å². The lowest BCUT2D eigenvalue weighted by atomic mass is 10.1. The summed E-state index contributed by atoms with van der Waals surface area (Å²) in [5.74, 6) is -0.811. The molecule has 0 saturated carbocycles. The minimum Gasteiger partial charge on any atom is -0.292 e. The van der Waals surface area contributed by atoms with Crippen LogP contribution in [0.4, 0.5) is 4.39 Å². The summed E-state index contributed by atoms with van der Waals surface area (Å²) < 4.78 is 14.6. The van der Waals surface area contributed by atoms with Crippen LogP contribution in [0.15, 0.2) is 41.6 Å². The maximum Gasteiger partial charge on any atom is 0.267 e. The topological polar surface area (TPSA) is 52.0 Å². The van der Waals surface area contributed by atoms with Gasteiger partial charge in [0.25, 0.3) is 5.56 Å². The summed E-state index contributed by atoms with van der Waals surface area (Å²) in [5.41, 5.74) is -0.0453. The molecule has 0 N–H and O–H groups in total. The van der Waals surface area contributed by atoms with E-state index in [9.17, 15) is 14.0 Å². The lowest BCUT2D eigenvalue weighted by Gasteiger charge is -2.04. The van der Waals surface area contributed by atoms with Crippen LogP contribution >= 0.6 is 22.6 Å². The van der Waals surface area contributed by atoms with Crippen molar-refractivity contribution in [3.05, 3.63) is 62.1 Å². The largest absolute Gasteiger partial charge is 0.292 e. The average molecular weight is 358 g/mol. The second-order valence-electron chi connectivity index (χ2n) is 3.61. The quantitative estimate of drug-likeness (QED) is 0.622. The van der Waals surface area contributed by atoms with Crippen LogP contribution in [0.2, 0.25) is 0 Å². The van der Waals surface area contributed by atoms with E-state index >= 15 is 0 Å². The number of rotatable bonds is 3. The van der Waals surface area contributed by atoms with E-state index in [1.165, 1.54) is 35.3 Å². The van der Waals surface area contributed by atoms with Gasteiger partial charge in [-0.15, -0.1) is 0 Å². The average Bonchev–Trinajstić information content (AvgIpc) is 2.35. The normalized spacial score (nSPS) is 10.3. The second kappa shape index (κ2) is 5.38. The summed E-state index contributed by atoms with van der Waals surface area (Å²) in [5, 5.41) is 0. The molecule has 0 fully saturated rings. The van der Waals surface area contributed by atoms with Gasteiger partial charge in [0, 0.05) is 11.8 Å². The maximum absolute atomic E-state index is 13.0. The molecule has 0 spiro atoms. The molecule has 92 valence electrons. The van der Waals surface area contributed by atoms with Gasteiger partial charge in [-0.3, -0.25) is 14.2 Å². The minimum absolute atomic E-state index is 0.147. The second-order valence-corrected chi connectivity index (χ2v) is 4.77. The van der Waals surface area contributed by atoms with E-state index in [1.807, 2.05) is 22.6 Å². The molecular weight excluding hydrogens is 350 g/mol. The van der Waals surface area contributed by atoms with E-state index in [4.69, 9.17) is 0 Å². The lowest BCUT2D eigenvalue weighted by Crippen LogP contribution is -2.26. The zero-order valence-electron chi connectivity index (χ0n) is 9.14. The first-order valence-corrected chi connectivity index (χ1v) is 6.14. The maximum atomic E-state index is 13.0. The third-order valence-electron chi connectivity index (χ3n) is 2.32. The molecule has 4 nitrogen and oxygen atoms in total. The molecule has 2 rings (SSSR count). The zero-order valence-corrected chi connectivity index (χ0v) is 11.3. The highest BCUT2D eigenvalue weighted by molar-refractivity contribution is 14.1. The van der Waals surface area contributed by atoms with Crippen LogP contribution in [0, 0.1) is 9.39 Å². The van der Waals surface area contributed by atoms with Crippen LogP contribution in [0.25, 0.3) is 0 Å². The highest BCUT2D eigenvalue weighted by Crippen LogP contribution is 2.05. The van der Waals surface area contributed by atoms with Gasteiger partial charge < -0.3 is 0 Å². The Balaban J connectivity index is 2.27.